The molecule has 2 rings (SSSR count). The van der Waals surface area contributed by atoms with E-state index in [4.69, 9.17) is 10.4 Å². The van der Waals surface area contributed by atoms with E-state index in [0.717, 1.165) is 10.9 Å². The highest BCUT2D eigenvalue weighted by Gasteiger charge is 2.16. The summed E-state index contributed by atoms with van der Waals surface area (Å²) in [5, 5.41) is 30.9. The van der Waals surface area contributed by atoms with Crippen molar-refractivity contribution in [3.63, 3.8) is 0 Å². The number of nitrogens with one attached hydrogen (secondary N) is 2. The van der Waals surface area contributed by atoms with Gasteiger partial charge in [0.25, 0.3) is 0 Å². The average Bonchev–Trinajstić information content (AvgIpc) is 2.39. The van der Waals surface area contributed by atoms with E-state index in [0.29, 0.717) is 5.69 Å². The summed E-state index contributed by atoms with van der Waals surface area (Å²) in [5.41, 5.74) is 0.500. The summed E-state index contributed by atoms with van der Waals surface area (Å²) in [6.45, 7) is 0. The van der Waals surface area contributed by atoms with Crippen molar-refractivity contribution < 1.29 is 15.6 Å². The first kappa shape index (κ1) is 12.2. The summed E-state index contributed by atoms with van der Waals surface area (Å²) in [4.78, 5) is 11.9. The summed E-state index contributed by atoms with van der Waals surface area (Å²) < 4.78 is 0.991. The van der Waals surface area contributed by atoms with Crippen molar-refractivity contribution in [1.29, 1.82) is 0 Å². The molecule has 1 atom stereocenters. The molecule has 94 valence electrons. The minimum atomic E-state index is -1.35. The number of aromatic nitrogens is 2. The first-order chi connectivity index (χ1) is 8.65. The van der Waals surface area contributed by atoms with Crippen molar-refractivity contribution in [3.05, 3.63) is 52.1 Å². The Hall–Kier alpha value is -2.26. The first-order valence-corrected chi connectivity index (χ1v) is 4.96. The van der Waals surface area contributed by atoms with E-state index >= 15 is 0 Å². The fourth-order valence-electron chi connectivity index (χ4n) is 1.48. The maximum Gasteiger partial charge on any atom is 0.303 e. The zero-order valence-corrected chi connectivity index (χ0v) is 9.07. The highest BCUT2D eigenvalue weighted by atomic mass is 16.8. The molecule has 1 aromatic heterocycles. The number of hydrogen-bond donors (Lipinski definition) is 4. The minimum absolute atomic E-state index is 0.394. The molecule has 4 N–H and O–H groups in total. The number of hydrogen-bond acceptors (Lipinski definition) is 6. The van der Waals surface area contributed by atoms with Gasteiger partial charge in [0, 0.05) is 0 Å². The molecule has 8 heteroatoms. The fraction of sp³-hybridized carbons (Fsp3) is 0. The molecule has 0 saturated heterocycles. The number of rotatable bonds is 3. The molecule has 1 aromatic carbocycles. The molecule has 0 fully saturated rings. The largest absolute Gasteiger partial charge is 0.595 e. The summed E-state index contributed by atoms with van der Waals surface area (Å²) in [6, 6.07) is 8.46. The molecule has 1 heterocycles. The van der Waals surface area contributed by atoms with E-state index in [2.05, 4.69) is 5.10 Å². The Labute approximate surface area is 101 Å². The van der Waals surface area contributed by atoms with Gasteiger partial charge in [-0.2, -0.15) is 15.0 Å². The lowest BCUT2D eigenvalue weighted by Gasteiger charge is -2.15. The van der Waals surface area contributed by atoms with Gasteiger partial charge in [0.05, 0.1) is 5.69 Å². The topological polar surface area (TPSA) is 115 Å². The van der Waals surface area contributed by atoms with Gasteiger partial charge in [0.1, 0.15) is 6.20 Å². The molecule has 0 amide bonds. The quantitative estimate of drug-likeness (QED) is 0.543. The Morgan fingerprint density at radius 1 is 1.33 bits per heavy atom. The molecule has 1 unspecified atom stereocenters. The maximum atomic E-state index is 11.9. The molecule has 18 heavy (non-hydrogen) atoms. The van der Waals surface area contributed by atoms with Crippen LogP contribution in [-0.4, -0.2) is 20.2 Å². The average molecular weight is 250 g/mol. The number of benzene rings is 1. The Bertz CT molecular complexity index is 597. The zero-order valence-electron chi connectivity index (χ0n) is 9.07. The molecule has 0 bridgehead atoms. The van der Waals surface area contributed by atoms with Crippen LogP contribution in [0.1, 0.15) is 0 Å². The molecule has 8 nitrogen and oxygen atoms in total. The van der Waals surface area contributed by atoms with Crippen LogP contribution in [0.4, 0.5) is 11.4 Å². The Kier molecular flexibility index (Phi) is 3.35. The smallest absolute Gasteiger partial charge is 0.303 e. The molecule has 0 aliphatic rings. The fourth-order valence-corrected chi connectivity index (χ4v) is 1.48. The number of quaternary nitrogens is 1. The SMILES string of the molecule is O=c1c(NO)c([NH+]([O-])O)cnn1-c1ccccc1. The molecule has 0 radical (unpaired) electrons. The van der Waals surface area contributed by atoms with Gasteiger partial charge in [-0.3, -0.25) is 15.5 Å². The van der Waals surface area contributed by atoms with Crippen LogP contribution in [0, 0.1) is 5.21 Å². The second-order valence-electron chi connectivity index (χ2n) is 3.40. The van der Waals surface area contributed by atoms with Gasteiger partial charge in [0.2, 0.25) is 5.69 Å². The van der Waals surface area contributed by atoms with Gasteiger partial charge >= 0.3 is 5.56 Å². The van der Waals surface area contributed by atoms with Crippen LogP contribution in [-0.2, 0) is 0 Å². The van der Waals surface area contributed by atoms with Crippen molar-refractivity contribution in [1.82, 2.24) is 9.78 Å². The van der Waals surface area contributed by atoms with Crippen LogP contribution in [0.2, 0.25) is 0 Å². The number of anilines is 1. The second kappa shape index (κ2) is 4.94. The van der Waals surface area contributed by atoms with E-state index in [9.17, 15) is 10.0 Å². The third-order valence-corrected chi connectivity index (χ3v) is 2.32. The van der Waals surface area contributed by atoms with Crippen molar-refractivity contribution >= 4 is 11.4 Å². The van der Waals surface area contributed by atoms with Crippen molar-refractivity contribution in [2.75, 3.05) is 5.48 Å². The van der Waals surface area contributed by atoms with Gasteiger partial charge in [-0.1, -0.05) is 18.2 Å². The van der Waals surface area contributed by atoms with Crippen LogP contribution < -0.4 is 16.3 Å². The van der Waals surface area contributed by atoms with E-state index < -0.39 is 22.2 Å². The van der Waals surface area contributed by atoms with Crippen LogP contribution in [0.5, 0.6) is 0 Å². The van der Waals surface area contributed by atoms with Crippen molar-refractivity contribution in [3.8, 4) is 5.69 Å². The Morgan fingerprint density at radius 2 is 2.00 bits per heavy atom. The third-order valence-electron chi connectivity index (χ3n) is 2.32. The van der Waals surface area contributed by atoms with Gasteiger partial charge in [-0.15, -0.1) is 0 Å². The summed E-state index contributed by atoms with van der Waals surface area (Å²) in [7, 11) is 0. The predicted molar refractivity (Wildman–Crippen MR) is 61.0 cm³/mol. The number of para-hydroxylation sites is 1. The summed E-state index contributed by atoms with van der Waals surface area (Å²) in [5.74, 6) is 0. The van der Waals surface area contributed by atoms with Crippen LogP contribution in [0.25, 0.3) is 5.69 Å². The highest BCUT2D eigenvalue weighted by Crippen LogP contribution is 2.11. The Morgan fingerprint density at radius 3 is 2.56 bits per heavy atom. The predicted octanol–water partition coefficient (Wildman–Crippen LogP) is -0.563. The lowest BCUT2D eigenvalue weighted by molar-refractivity contribution is -0.991. The van der Waals surface area contributed by atoms with E-state index in [1.54, 1.807) is 35.8 Å². The lowest BCUT2D eigenvalue weighted by atomic mass is 10.3. The summed E-state index contributed by atoms with van der Waals surface area (Å²) in [6.07, 6.45) is 0.995. The normalized spacial score (nSPS) is 12.2. The summed E-state index contributed by atoms with van der Waals surface area (Å²) >= 11 is 0. The molecule has 0 spiro atoms. The van der Waals surface area contributed by atoms with Gasteiger partial charge in [-0.25, -0.2) is 5.21 Å². The standard InChI is InChI=1S/C10H10N4O4/c15-10-9(12-16)8(14(17)18)6-11-13(10)7-4-2-1-3-5-7/h1-6,12,14,16-17H. The lowest BCUT2D eigenvalue weighted by Crippen LogP contribution is -2.99. The maximum absolute atomic E-state index is 11.9. The van der Waals surface area contributed by atoms with Gasteiger partial charge in [0.15, 0.2) is 5.69 Å². The number of nitrogens with zero attached hydrogens (tertiary/aromatic N) is 2. The first-order valence-electron chi connectivity index (χ1n) is 4.96. The van der Waals surface area contributed by atoms with E-state index in [1.807, 2.05) is 0 Å². The molecular weight excluding hydrogens is 240 g/mol. The minimum Gasteiger partial charge on any atom is -0.595 e. The molecule has 0 aliphatic heterocycles. The van der Waals surface area contributed by atoms with Crippen molar-refractivity contribution in [2.24, 2.45) is 0 Å². The third kappa shape index (κ3) is 2.08. The Balaban J connectivity index is 2.63. The highest BCUT2D eigenvalue weighted by molar-refractivity contribution is 5.57. The molecule has 0 saturated carbocycles. The monoisotopic (exact) mass is 250 g/mol. The zero-order chi connectivity index (χ0) is 13.1. The molecule has 2 aromatic rings. The molecular formula is C10H10N4O4. The van der Waals surface area contributed by atoms with Gasteiger partial charge < -0.3 is 5.21 Å². The van der Waals surface area contributed by atoms with Gasteiger partial charge in [-0.05, 0) is 12.1 Å². The second-order valence-corrected chi connectivity index (χ2v) is 3.40. The van der Waals surface area contributed by atoms with E-state index in [-0.39, 0.29) is 0 Å². The van der Waals surface area contributed by atoms with Crippen LogP contribution in [0.3, 0.4) is 0 Å². The van der Waals surface area contributed by atoms with Crippen LogP contribution >= 0.6 is 0 Å². The van der Waals surface area contributed by atoms with Crippen LogP contribution in [0.15, 0.2) is 41.3 Å². The molecule has 0 aliphatic carbocycles. The van der Waals surface area contributed by atoms with E-state index in [1.165, 1.54) is 0 Å². The van der Waals surface area contributed by atoms with Crippen molar-refractivity contribution in [2.45, 2.75) is 0 Å².